The monoisotopic (exact) mass is 885 g/mol. The molecule has 318 valence electrons. The first-order valence-electron chi connectivity index (χ1n) is 22.8. The van der Waals surface area contributed by atoms with Crippen molar-refractivity contribution in [3.05, 3.63) is 237 Å². The molecule has 4 aromatic heterocycles. The second kappa shape index (κ2) is 16.5. The third kappa shape index (κ3) is 6.77. The van der Waals surface area contributed by atoms with Crippen LogP contribution in [0.5, 0.6) is 0 Å². The Kier molecular flexibility index (Phi) is 9.62. The van der Waals surface area contributed by atoms with E-state index in [4.69, 9.17) is 19.9 Å². The summed E-state index contributed by atoms with van der Waals surface area (Å²) in [6.07, 6.45) is 2.04. The maximum absolute atomic E-state index is 5.54. The second-order valence-corrected chi connectivity index (χ2v) is 18.0. The van der Waals surface area contributed by atoms with Crippen LogP contribution >= 0.6 is 11.3 Å². The number of rotatable bonds is 8. The topological polar surface area (TPSA) is 56.5 Å². The van der Waals surface area contributed by atoms with E-state index in [0.29, 0.717) is 17.5 Å². The molecule has 9 aromatic carbocycles. The van der Waals surface area contributed by atoms with Crippen molar-refractivity contribution in [1.82, 2.24) is 24.5 Å². The minimum absolute atomic E-state index is 0.549. The standard InChI is InChI=1S/C62H39N5S/c1-6-20-40(21-7-1)46-31-18-32-47(41-22-8-2-9-23-41)57(46)44-36-53(62-65-60(42-24-10-3-11-25-42)64-61(66-62)43-26-12-4-13-27-43)58(63-39-44)50-34-19-33-49-52-37-51-48-30-16-17-35-54(48)67(45-28-14-5-15-29-45)55(51)38-56(52)68-59(49)50/h1-39H. The van der Waals surface area contributed by atoms with Gasteiger partial charge in [-0.05, 0) is 64.2 Å². The predicted molar refractivity (Wildman–Crippen MR) is 283 cm³/mol. The molecule has 0 fully saturated rings. The highest BCUT2D eigenvalue weighted by Gasteiger charge is 2.24. The van der Waals surface area contributed by atoms with Gasteiger partial charge in [-0.1, -0.05) is 194 Å². The quantitative estimate of drug-likeness (QED) is 0.153. The highest BCUT2D eigenvalue weighted by atomic mass is 32.1. The van der Waals surface area contributed by atoms with Crippen molar-refractivity contribution in [1.29, 1.82) is 0 Å². The second-order valence-electron chi connectivity index (χ2n) is 17.0. The summed E-state index contributed by atoms with van der Waals surface area (Å²) in [4.78, 5) is 21.3. The van der Waals surface area contributed by atoms with Gasteiger partial charge in [0, 0.05) is 70.6 Å². The Balaban J connectivity index is 1.10. The minimum Gasteiger partial charge on any atom is -0.309 e. The summed E-state index contributed by atoms with van der Waals surface area (Å²) >= 11 is 1.81. The fourth-order valence-corrected chi connectivity index (χ4v) is 11.0. The number of hydrogen-bond acceptors (Lipinski definition) is 5. The Morgan fingerprint density at radius 2 is 0.853 bits per heavy atom. The molecule has 0 aliphatic rings. The van der Waals surface area contributed by atoms with Crippen LogP contribution in [-0.2, 0) is 0 Å². The molecule has 5 nitrogen and oxygen atoms in total. The van der Waals surface area contributed by atoms with Gasteiger partial charge in [-0.25, -0.2) is 15.0 Å². The van der Waals surface area contributed by atoms with E-state index < -0.39 is 0 Å². The van der Waals surface area contributed by atoms with Crippen LogP contribution in [0.3, 0.4) is 0 Å². The highest BCUT2D eigenvalue weighted by molar-refractivity contribution is 7.26. The van der Waals surface area contributed by atoms with Crippen molar-refractivity contribution in [3.63, 3.8) is 0 Å². The smallest absolute Gasteiger partial charge is 0.166 e. The van der Waals surface area contributed by atoms with Gasteiger partial charge in [-0.15, -0.1) is 11.3 Å². The van der Waals surface area contributed by atoms with Crippen molar-refractivity contribution in [2.45, 2.75) is 0 Å². The van der Waals surface area contributed by atoms with Crippen molar-refractivity contribution >= 4 is 53.3 Å². The van der Waals surface area contributed by atoms with Gasteiger partial charge >= 0.3 is 0 Å². The molecule has 0 N–H and O–H groups in total. The lowest BCUT2D eigenvalue weighted by Crippen LogP contribution is -2.02. The number of nitrogens with zero attached hydrogens (tertiary/aromatic N) is 5. The first-order valence-corrected chi connectivity index (χ1v) is 23.6. The predicted octanol–water partition coefficient (Wildman–Crippen LogP) is 16.4. The van der Waals surface area contributed by atoms with Crippen molar-refractivity contribution < 1.29 is 0 Å². The number of aromatic nitrogens is 5. The van der Waals surface area contributed by atoms with Crippen LogP contribution in [0.2, 0.25) is 0 Å². The Morgan fingerprint density at radius 1 is 0.338 bits per heavy atom. The van der Waals surface area contributed by atoms with E-state index >= 15 is 0 Å². The van der Waals surface area contributed by atoms with Gasteiger partial charge in [-0.2, -0.15) is 0 Å². The number of fused-ring (bicyclic) bond motifs is 6. The number of thiophene rings is 1. The average Bonchev–Trinajstić information content (AvgIpc) is 3.95. The van der Waals surface area contributed by atoms with Crippen LogP contribution < -0.4 is 0 Å². The third-order valence-corrected chi connectivity index (χ3v) is 14.1. The summed E-state index contributed by atoms with van der Waals surface area (Å²) in [5.74, 6) is 1.74. The van der Waals surface area contributed by atoms with Gasteiger partial charge in [0.2, 0.25) is 0 Å². The molecule has 0 spiro atoms. The van der Waals surface area contributed by atoms with Gasteiger partial charge in [0.1, 0.15) is 0 Å². The van der Waals surface area contributed by atoms with Crippen LogP contribution in [-0.4, -0.2) is 24.5 Å². The zero-order valence-electron chi connectivity index (χ0n) is 36.7. The largest absolute Gasteiger partial charge is 0.309 e. The van der Waals surface area contributed by atoms with Gasteiger partial charge < -0.3 is 4.57 Å². The number of hydrogen-bond donors (Lipinski definition) is 0. The summed E-state index contributed by atoms with van der Waals surface area (Å²) in [7, 11) is 0. The van der Waals surface area contributed by atoms with Crippen LogP contribution in [0, 0.1) is 0 Å². The molecule has 0 radical (unpaired) electrons. The van der Waals surface area contributed by atoms with Gasteiger partial charge in [0.05, 0.1) is 16.7 Å². The first kappa shape index (κ1) is 39.5. The van der Waals surface area contributed by atoms with Crippen molar-refractivity contribution in [3.8, 4) is 84.5 Å². The van der Waals surface area contributed by atoms with Crippen molar-refractivity contribution in [2.75, 3.05) is 0 Å². The molecule has 6 heteroatoms. The molecular weight excluding hydrogens is 847 g/mol. The minimum atomic E-state index is 0.549. The molecule has 0 saturated heterocycles. The summed E-state index contributed by atoms with van der Waals surface area (Å²) < 4.78 is 4.75. The molecule has 0 bridgehead atoms. The van der Waals surface area contributed by atoms with Crippen molar-refractivity contribution in [2.24, 2.45) is 0 Å². The third-order valence-electron chi connectivity index (χ3n) is 12.9. The lowest BCUT2D eigenvalue weighted by atomic mass is 9.87. The first-order chi connectivity index (χ1) is 33.7. The summed E-state index contributed by atoms with van der Waals surface area (Å²) in [6, 6.07) is 81.2. The van der Waals surface area contributed by atoms with Crippen LogP contribution in [0.4, 0.5) is 0 Å². The molecule has 0 aliphatic heterocycles. The zero-order chi connectivity index (χ0) is 45.0. The summed E-state index contributed by atoms with van der Waals surface area (Å²) in [6.45, 7) is 0. The van der Waals surface area contributed by atoms with Crippen LogP contribution in [0.25, 0.3) is 126 Å². The molecule has 0 aliphatic carbocycles. The average molecular weight is 886 g/mol. The molecule has 0 unspecified atom stereocenters. The zero-order valence-corrected chi connectivity index (χ0v) is 37.5. The van der Waals surface area contributed by atoms with Gasteiger partial charge in [0.25, 0.3) is 0 Å². The molecule has 13 aromatic rings. The molecule has 13 rings (SSSR count). The molecule has 68 heavy (non-hydrogen) atoms. The maximum atomic E-state index is 5.54. The van der Waals surface area contributed by atoms with Crippen LogP contribution in [0.1, 0.15) is 0 Å². The molecule has 0 amide bonds. The number of benzene rings is 9. The Bertz CT molecular complexity index is 3880. The normalized spacial score (nSPS) is 11.5. The molecule has 0 atom stereocenters. The summed E-state index contributed by atoms with van der Waals surface area (Å²) in [5, 5.41) is 4.86. The van der Waals surface area contributed by atoms with Gasteiger partial charge in [0.15, 0.2) is 17.5 Å². The fraction of sp³-hybridized carbons (Fsp3) is 0. The van der Waals surface area contributed by atoms with E-state index in [1.807, 2.05) is 53.9 Å². The number of para-hydroxylation sites is 2. The molecular formula is C62H39N5S. The van der Waals surface area contributed by atoms with E-state index in [0.717, 1.165) is 71.7 Å². The summed E-state index contributed by atoms with van der Waals surface area (Å²) in [5.41, 5.74) is 14.5. The lowest BCUT2D eigenvalue weighted by molar-refractivity contribution is 1.07. The van der Waals surface area contributed by atoms with E-state index in [1.165, 1.54) is 37.3 Å². The van der Waals surface area contributed by atoms with E-state index in [2.05, 4.69) is 199 Å². The Hall–Kier alpha value is -8.84. The lowest BCUT2D eigenvalue weighted by Gasteiger charge is -2.18. The van der Waals surface area contributed by atoms with Gasteiger partial charge in [-0.3, -0.25) is 4.98 Å². The Labute approximate surface area is 397 Å². The number of pyridine rings is 1. The maximum Gasteiger partial charge on any atom is 0.166 e. The highest BCUT2D eigenvalue weighted by Crippen LogP contribution is 2.47. The SMILES string of the molecule is c1ccc(-c2nc(-c3ccccc3)nc(-c3cc(-c4c(-c5ccccc5)cccc4-c4ccccc4)cnc3-c3cccc4c3sc3cc5c(cc34)c3ccccc3n5-c3ccccc3)n2)cc1. The van der Waals surface area contributed by atoms with E-state index in [9.17, 15) is 0 Å². The van der Waals surface area contributed by atoms with Crippen LogP contribution in [0.15, 0.2) is 237 Å². The van der Waals surface area contributed by atoms with E-state index in [1.54, 1.807) is 0 Å². The fourth-order valence-electron chi connectivity index (χ4n) is 9.80. The Morgan fingerprint density at radius 3 is 1.49 bits per heavy atom. The molecule has 0 saturated carbocycles. The van der Waals surface area contributed by atoms with E-state index in [-0.39, 0.29) is 0 Å². The molecule has 4 heterocycles.